The number of nitrogens with zero attached hydrogens (tertiary/aromatic N) is 3. The molecular weight excluding hydrogens is 214 g/mol. The molecule has 1 aromatic heterocycles. The van der Waals surface area contributed by atoms with Crippen molar-refractivity contribution < 1.29 is 4.42 Å². The highest BCUT2D eigenvalue weighted by Gasteiger charge is 2.29. The van der Waals surface area contributed by atoms with Gasteiger partial charge >= 0.3 is 0 Å². The fourth-order valence-corrected chi connectivity index (χ4v) is 2.50. The monoisotopic (exact) mass is 233 g/mol. The van der Waals surface area contributed by atoms with E-state index in [9.17, 15) is 5.26 Å². The highest BCUT2D eigenvalue weighted by Crippen LogP contribution is 2.23. The molecule has 1 saturated heterocycles. The average molecular weight is 233 g/mol. The average Bonchev–Trinajstić information content (AvgIpc) is 2.84. The molecule has 92 valence electrons. The van der Waals surface area contributed by atoms with Crippen LogP contribution in [0.15, 0.2) is 22.8 Å². The van der Waals surface area contributed by atoms with Gasteiger partial charge in [-0.05, 0) is 25.6 Å². The minimum Gasteiger partial charge on any atom is -0.467 e. The van der Waals surface area contributed by atoms with Gasteiger partial charge in [-0.2, -0.15) is 5.26 Å². The van der Waals surface area contributed by atoms with Crippen LogP contribution in [0.3, 0.4) is 0 Å². The van der Waals surface area contributed by atoms with Crippen LogP contribution < -0.4 is 0 Å². The third-order valence-corrected chi connectivity index (χ3v) is 3.50. The minimum atomic E-state index is -0.244. The second kappa shape index (κ2) is 5.35. The van der Waals surface area contributed by atoms with E-state index in [1.165, 1.54) is 0 Å². The van der Waals surface area contributed by atoms with Gasteiger partial charge in [-0.3, -0.25) is 9.80 Å². The maximum atomic E-state index is 9.29. The first-order chi connectivity index (χ1) is 8.26. The largest absolute Gasteiger partial charge is 0.467 e. The van der Waals surface area contributed by atoms with Crippen molar-refractivity contribution in [2.24, 2.45) is 0 Å². The van der Waals surface area contributed by atoms with E-state index in [1.54, 1.807) is 6.26 Å². The number of hydrogen-bond donors (Lipinski definition) is 0. The van der Waals surface area contributed by atoms with Crippen molar-refractivity contribution in [1.82, 2.24) is 9.80 Å². The van der Waals surface area contributed by atoms with Crippen LogP contribution in [0.2, 0.25) is 0 Å². The number of rotatable bonds is 3. The molecule has 0 radical (unpaired) electrons. The maximum Gasteiger partial charge on any atom is 0.156 e. The number of furan rings is 1. The van der Waals surface area contributed by atoms with Crippen molar-refractivity contribution in [3.8, 4) is 6.07 Å². The van der Waals surface area contributed by atoms with Gasteiger partial charge < -0.3 is 4.42 Å². The third kappa shape index (κ3) is 2.51. The van der Waals surface area contributed by atoms with Gasteiger partial charge in [0.25, 0.3) is 0 Å². The first-order valence-corrected chi connectivity index (χ1v) is 6.17. The standard InChI is InChI=1S/C13H19N3O/c1-3-15-6-7-16(10-11(15)2)12(9-14)13-5-4-8-17-13/h4-5,8,11-12H,3,6-7,10H2,1-2H3. The summed E-state index contributed by atoms with van der Waals surface area (Å²) < 4.78 is 5.35. The van der Waals surface area contributed by atoms with Crippen LogP contribution in [0.4, 0.5) is 0 Å². The van der Waals surface area contributed by atoms with Gasteiger partial charge in [-0.15, -0.1) is 0 Å². The topological polar surface area (TPSA) is 43.4 Å². The Morgan fingerprint density at radius 1 is 1.59 bits per heavy atom. The van der Waals surface area contributed by atoms with Crippen molar-refractivity contribution in [3.05, 3.63) is 24.2 Å². The number of hydrogen-bond acceptors (Lipinski definition) is 4. The van der Waals surface area contributed by atoms with E-state index < -0.39 is 0 Å². The SMILES string of the molecule is CCN1CCN(C(C#N)c2ccco2)CC1C. The highest BCUT2D eigenvalue weighted by molar-refractivity contribution is 5.13. The summed E-state index contributed by atoms with van der Waals surface area (Å²) in [4.78, 5) is 4.64. The van der Waals surface area contributed by atoms with Crippen molar-refractivity contribution >= 4 is 0 Å². The Hall–Kier alpha value is -1.31. The highest BCUT2D eigenvalue weighted by atomic mass is 16.3. The van der Waals surface area contributed by atoms with E-state index in [4.69, 9.17) is 4.42 Å². The van der Waals surface area contributed by atoms with E-state index in [1.807, 2.05) is 12.1 Å². The van der Waals surface area contributed by atoms with E-state index in [2.05, 4.69) is 29.7 Å². The third-order valence-electron chi connectivity index (χ3n) is 3.50. The number of piperazine rings is 1. The fourth-order valence-electron chi connectivity index (χ4n) is 2.50. The molecule has 0 bridgehead atoms. The predicted molar refractivity (Wildman–Crippen MR) is 65.3 cm³/mol. The Morgan fingerprint density at radius 2 is 2.41 bits per heavy atom. The van der Waals surface area contributed by atoms with Gasteiger partial charge in [-0.1, -0.05) is 6.92 Å². The van der Waals surface area contributed by atoms with Crippen LogP contribution in [-0.4, -0.2) is 42.0 Å². The van der Waals surface area contributed by atoms with Gasteiger partial charge in [0, 0.05) is 25.7 Å². The normalized spacial score (nSPS) is 24.4. The van der Waals surface area contributed by atoms with Gasteiger partial charge in [0.05, 0.1) is 12.3 Å². The van der Waals surface area contributed by atoms with E-state index >= 15 is 0 Å². The summed E-state index contributed by atoms with van der Waals surface area (Å²) in [5, 5.41) is 9.29. The zero-order chi connectivity index (χ0) is 12.3. The molecule has 2 atom stereocenters. The summed E-state index contributed by atoms with van der Waals surface area (Å²) in [5.41, 5.74) is 0. The molecule has 1 aliphatic rings. The van der Waals surface area contributed by atoms with E-state index in [0.717, 1.165) is 31.9 Å². The summed E-state index contributed by atoms with van der Waals surface area (Å²) in [5.74, 6) is 0.754. The molecule has 1 aliphatic heterocycles. The second-order valence-corrected chi connectivity index (χ2v) is 4.52. The lowest BCUT2D eigenvalue weighted by Gasteiger charge is -2.40. The predicted octanol–water partition coefficient (Wildman–Crippen LogP) is 1.87. The number of nitriles is 1. The van der Waals surface area contributed by atoms with Gasteiger partial charge in [0.2, 0.25) is 0 Å². The molecule has 17 heavy (non-hydrogen) atoms. The first-order valence-electron chi connectivity index (χ1n) is 6.17. The molecule has 2 rings (SSSR count). The van der Waals surface area contributed by atoms with Gasteiger partial charge in [-0.25, -0.2) is 0 Å². The van der Waals surface area contributed by atoms with Crippen LogP contribution in [0.25, 0.3) is 0 Å². The van der Waals surface area contributed by atoms with Crippen molar-refractivity contribution in [2.45, 2.75) is 25.9 Å². The lowest BCUT2D eigenvalue weighted by molar-refractivity contribution is 0.0675. The molecule has 0 N–H and O–H groups in total. The summed E-state index contributed by atoms with van der Waals surface area (Å²) >= 11 is 0. The second-order valence-electron chi connectivity index (χ2n) is 4.52. The molecular formula is C13H19N3O. The molecule has 2 unspecified atom stereocenters. The summed E-state index contributed by atoms with van der Waals surface area (Å²) in [6, 6.07) is 6.32. The Balaban J connectivity index is 2.06. The van der Waals surface area contributed by atoms with Crippen LogP contribution >= 0.6 is 0 Å². The van der Waals surface area contributed by atoms with Crippen LogP contribution in [0.1, 0.15) is 25.6 Å². The Bertz CT molecular complexity index is 382. The molecule has 1 aromatic rings. The zero-order valence-electron chi connectivity index (χ0n) is 10.5. The molecule has 1 fully saturated rings. The van der Waals surface area contributed by atoms with Crippen LogP contribution in [-0.2, 0) is 0 Å². The van der Waals surface area contributed by atoms with Crippen molar-refractivity contribution in [2.75, 3.05) is 26.2 Å². The fraction of sp³-hybridized carbons (Fsp3) is 0.615. The lowest BCUT2D eigenvalue weighted by Crippen LogP contribution is -2.52. The van der Waals surface area contributed by atoms with Gasteiger partial charge in [0.15, 0.2) is 6.04 Å². The zero-order valence-corrected chi connectivity index (χ0v) is 10.5. The maximum absolute atomic E-state index is 9.29. The first kappa shape index (κ1) is 12.2. The Kier molecular flexibility index (Phi) is 3.82. The molecule has 4 nitrogen and oxygen atoms in total. The smallest absolute Gasteiger partial charge is 0.156 e. The lowest BCUT2D eigenvalue weighted by atomic mass is 10.1. The van der Waals surface area contributed by atoms with Crippen molar-refractivity contribution in [3.63, 3.8) is 0 Å². The van der Waals surface area contributed by atoms with Crippen LogP contribution in [0.5, 0.6) is 0 Å². The molecule has 4 heteroatoms. The van der Waals surface area contributed by atoms with Crippen molar-refractivity contribution in [1.29, 1.82) is 5.26 Å². The summed E-state index contributed by atoms with van der Waals surface area (Å²) in [7, 11) is 0. The molecule has 0 spiro atoms. The summed E-state index contributed by atoms with van der Waals surface area (Å²) in [6.45, 7) is 8.35. The van der Waals surface area contributed by atoms with E-state index in [0.29, 0.717) is 6.04 Å². The number of likely N-dealkylation sites (N-methyl/N-ethyl adjacent to an activating group) is 1. The van der Waals surface area contributed by atoms with Gasteiger partial charge in [0.1, 0.15) is 5.76 Å². The van der Waals surface area contributed by atoms with E-state index in [-0.39, 0.29) is 6.04 Å². The Labute approximate surface area is 102 Å². The molecule has 0 saturated carbocycles. The quantitative estimate of drug-likeness (QED) is 0.799. The summed E-state index contributed by atoms with van der Waals surface area (Å²) in [6.07, 6.45) is 1.63. The molecule has 0 aliphatic carbocycles. The molecule has 2 heterocycles. The minimum absolute atomic E-state index is 0.244. The van der Waals surface area contributed by atoms with Crippen LogP contribution in [0, 0.1) is 11.3 Å². The Morgan fingerprint density at radius 3 is 2.94 bits per heavy atom. The molecule has 0 aromatic carbocycles. The molecule has 0 amide bonds.